The lowest BCUT2D eigenvalue weighted by Crippen LogP contribution is -2.10. The fourth-order valence-electron chi connectivity index (χ4n) is 1.91. The minimum atomic E-state index is -0.255. The van der Waals surface area contributed by atoms with Crippen LogP contribution in [0.1, 0.15) is 44.6 Å². The van der Waals surface area contributed by atoms with Crippen molar-refractivity contribution >= 4 is 11.6 Å². The van der Waals surface area contributed by atoms with E-state index in [0.717, 1.165) is 18.5 Å². The third kappa shape index (κ3) is 3.92. The number of nitrogens with zero attached hydrogens (tertiary/aromatic N) is 1. The van der Waals surface area contributed by atoms with Gasteiger partial charge in [-0.3, -0.25) is 4.79 Å². The molecule has 0 aliphatic rings. The first kappa shape index (κ1) is 13.2. The molecule has 1 rings (SSSR count). The molecule has 0 fully saturated rings. The minimum Gasteiger partial charge on any atom is -0.325 e. The summed E-state index contributed by atoms with van der Waals surface area (Å²) in [4.78, 5) is 11.3. The van der Waals surface area contributed by atoms with Gasteiger partial charge in [0.25, 0.3) is 0 Å². The summed E-state index contributed by atoms with van der Waals surface area (Å²) < 4.78 is 0. The van der Waals surface area contributed by atoms with Gasteiger partial charge in [0, 0.05) is 5.69 Å². The third-order valence-corrected chi connectivity index (χ3v) is 2.87. The normalized spacial score (nSPS) is 10.0. The second-order valence-electron chi connectivity index (χ2n) is 4.02. The molecule has 1 amide bonds. The van der Waals surface area contributed by atoms with E-state index in [2.05, 4.69) is 25.2 Å². The highest BCUT2D eigenvalue weighted by atomic mass is 16.1. The second kappa shape index (κ2) is 6.70. The SMILES string of the molecule is CCC(CC)c1cccc(NC(=O)CC#N)c1. The minimum absolute atomic E-state index is 0.102. The maximum absolute atomic E-state index is 11.3. The molecule has 0 spiro atoms. The number of benzene rings is 1. The van der Waals surface area contributed by atoms with E-state index in [9.17, 15) is 4.79 Å². The van der Waals surface area contributed by atoms with Gasteiger partial charge in [-0.2, -0.15) is 5.26 Å². The monoisotopic (exact) mass is 230 g/mol. The van der Waals surface area contributed by atoms with E-state index >= 15 is 0 Å². The summed E-state index contributed by atoms with van der Waals surface area (Å²) in [5.74, 6) is 0.275. The van der Waals surface area contributed by atoms with Crippen molar-refractivity contribution in [3.05, 3.63) is 29.8 Å². The average Bonchev–Trinajstić information content (AvgIpc) is 2.31. The molecule has 90 valence electrons. The molecule has 1 aromatic carbocycles. The molecule has 3 heteroatoms. The Morgan fingerprint density at radius 3 is 2.71 bits per heavy atom. The number of nitrogens with one attached hydrogen (secondary N) is 1. The molecule has 0 atom stereocenters. The summed E-state index contributed by atoms with van der Waals surface area (Å²) in [6.07, 6.45) is 2.08. The lowest BCUT2D eigenvalue weighted by molar-refractivity contribution is -0.115. The van der Waals surface area contributed by atoms with Crippen LogP contribution in [0.2, 0.25) is 0 Å². The molecule has 0 aromatic heterocycles. The highest BCUT2D eigenvalue weighted by molar-refractivity contribution is 5.92. The zero-order valence-corrected chi connectivity index (χ0v) is 10.4. The van der Waals surface area contributed by atoms with E-state index < -0.39 is 0 Å². The van der Waals surface area contributed by atoms with Crippen LogP contribution in [0.25, 0.3) is 0 Å². The van der Waals surface area contributed by atoms with Crippen LogP contribution < -0.4 is 5.32 Å². The van der Waals surface area contributed by atoms with Gasteiger partial charge in [0.2, 0.25) is 5.91 Å². The molecular weight excluding hydrogens is 212 g/mol. The van der Waals surface area contributed by atoms with Crippen molar-refractivity contribution in [1.82, 2.24) is 0 Å². The van der Waals surface area contributed by atoms with Crippen LogP contribution >= 0.6 is 0 Å². The fraction of sp³-hybridized carbons (Fsp3) is 0.429. The van der Waals surface area contributed by atoms with Gasteiger partial charge in [0.15, 0.2) is 0 Å². The van der Waals surface area contributed by atoms with E-state index in [1.165, 1.54) is 5.56 Å². The molecule has 0 bridgehead atoms. The summed E-state index contributed by atoms with van der Waals surface area (Å²) in [6.45, 7) is 4.32. The molecule has 0 unspecified atom stereocenters. The number of amides is 1. The Labute approximate surface area is 102 Å². The molecule has 0 saturated heterocycles. The van der Waals surface area contributed by atoms with Crippen molar-refractivity contribution in [3.63, 3.8) is 0 Å². The number of rotatable bonds is 5. The maximum Gasteiger partial charge on any atom is 0.238 e. The van der Waals surface area contributed by atoms with E-state index in [1.807, 2.05) is 24.3 Å². The number of hydrogen-bond donors (Lipinski definition) is 1. The summed E-state index contributed by atoms with van der Waals surface area (Å²) in [7, 11) is 0. The molecule has 3 nitrogen and oxygen atoms in total. The lowest BCUT2D eigenvalue weighted by Gasteiger charge is -2.14. The molecule has 1 N–H and O–H groups in total. The molecule has 17 heavy (non-hydrogen) atoms. The van der Waals surface area contributed by atoms with Gasteiger partial charge in [-0.15, -0.1) is 0 Å². The smallest absolute Gasteiger partial charge is 0.238 e. The molecule has 0 aliphatic carbocycles. The van der Waals surface area contributed by atoms with Crippen LogP contribution in [0.15, 0.2) is 24.3 Å². The number of nitriles is 1. The summed E-state index contributed by atoms with van der Waals surface area (Å²) >= 11 is 0. The summed E-state index contributed by atoms with van der Waals surface area (Å²) in [6, 6.07) is 9.70. The molecule has 0 saturated carbocycles. The zero-order chi connectivity index (χ0) is 12.7. The van der Waals surface area contributed by atoms with Crippen molar-refractivity contribution in [2.75, 3.05) is 5.32 Å². The number of carbonyl (C=O) groups is 1. The Morgan fingerprint density at radius 1 is 1.41 bits per heavy atom. The number of carbonyl (C=O) groups excluding carboxylic acids is 1. The van der Waals surface area contributed by atoms with Gasteiger partial charge in [-0.1, -0.05) is 26.0 Å². The standard InChI is InChI=1S/C14H18N2O/c1-3-11(4-2)12-6-5-7-13(10-12)16-14(17)8-9-15/h5-7,10-11H,3-4,8H2,1-2H3,(H,16,17). The highest BCUT2D eigenvalue weighted by Crippen LogP contribution is 2.25. The van der Waals surface area contributed by atoms with E-state index in [1.54, 1.807) is 0 Å². The van der Waals surface area contributed by atoms with E-state index in [0.29, 0.717) is 5.92 Å². The van der Waals surface area contributed by atoms with Crippen LogP contribution in [-0.2, 0) is 4.79 Å². The summed E-state index contributed by atoms with van der Waals surface area (Å²) in [5.41, 5.74) is 2.01. The second-order valence-corrected chi connectivity index (χ2v) is 4.02. The Balaban J connectivity index is 2.79. The van der Waals surface area contributed by atoms with Gasteiger partial charge in [-0.25, -0.2) is 0 Å². The average molecular weight is 230 g/mol. The topological polar surface area (TPSA) is 52.9 Å². The van der Waals surface area contributed by atoms with Crippen LogP contribution in [0, 0.1) is 11.3 Å². The van der Waals surface area contributed by atoms with Crippen LogP contribution in [0.5, 0.6) is 0 Å². The van der Waals surface area contributed by atoms with Gasteiger partial charge >= 0.3 is 0 Å². The van der Waals surface area contributed by atoms with Crippen molar-refractivity contribution in [2.45, 2.75) is 39.0 Å². The van der Waals surface area contributed by atoms with Crippen molar-refractivity contribution in [1.29, 1.82) is 5.26 Å². The van der Waals surface area contributed by atoms with Crippen molar-refractivity contribution in [3.8, 4) is 6.07 Å². The first-order valence-electron chi connectivity index (χ1n) is 5.98. The zero-order valence-electron chi connectivity index (χ0n) is 10.4. The lowest BCUT2D eigenvalue weighted by atomic mass is 9.94. The van der Waals surface area contributed by atoms with E-state index in [-0.39, 0.29) is 12.3 Å². The highest BCUT2D eigenvalue weighted by Gasteiger charge is 2.08. The molecular formula is C14H18N2O. The van der Waals surface area contributed by atoms with Gasteiger partial charge in [0.1, 0.15) is 6.42 Å². The predicted octanol–water partition coefficient (Wildman–Crippen LogP) is 3.44. The van der Waals surface area contributed by atoms with Gasteiger partial charge in [0.05, 0.1) is 6.07 Å². The molecule has 0 aliphatic heterocycles. The van der Waals surface area contributed by atoms with Crippen molar-refractivity contribution in [2.24, 2.45) is 0 Å². The Kier molecular flexibility index (Phi) is 5.22. The van der Waals surface area contributed by atoms with Crippen molar-refractivity contribution < 1.29 is 4.79 Å². The van der Waals surface area contributed by atoms with Crippen LogP contribution in [0.3, 0.4) is 0 Å². The quantitative estimate of drug-likeness (QED) is 0.842. The fourth-order valence-corrected chi connectivity index (χ4v) is 1.91. The third-order valence-electron chi connectivity index (χ3n) is 2.87. The predicted molar refractivity (Wildman–Crippen MR) is 68.6 cm³/mol. The summed E-state index contributed by atoms with van der Waals surface area (Å²) in [5, 5.41) is 11.1. The largest absolute Gasteiger partial charge is 0.325 e. The Hall–Kier alpha value is -1.82. The first-order chi connectivity index (χ1) is 8.21. The van der Waals surface area contributed by atoms with Crippen LogP contribution in [-0.4, -0.2) is 5.91 Å². The molecule has 0 radical (unpaired) electrons. The maximum atomic E-state index is 11.3. The Bertz CT molecular complexity index is 416. The van der Waals surface area contributed by atoms with Crippen LogP contribution in [0.4, 0.5) is 5.69 Å². The molecule has 1 aromatic rings. The Morgan fingerprint density at radius 2 is 2.12 bits per heavy atom. The number of hydrogen-bond acceptors (Lipinski definition) is 2. The number of anilines is 1. The van der Waals surface area contributed by atoms with Gasteiger partial charge in [-0.05, 0) is 36.5 Å². The first-order valence-corrected chi connectivity index (χ1v) is 5.98. The molecule has 0 heterocycles. The van der Waals surface area contributed by atoms with Gasteiger partial charge < -0.3 is 5.32 Å². The van der Waals surface area contributed by atoms with E-state index in [4.69, 9.17) is 5.26 Å².